The van der Waals surface area contributed by atoms with E-state index in [0.717, 1.165) is 16.7 Å². The van der Waals surface area contributed by atoms with E-state index in [1.165, 1.54) is 24.3 Å². The lowest BCUT2D eigenvalue weighted by atomic mass is 10.0. The number of carbonyl (C=O) groups excluding carboxylic acids is 1. The van der Waals surface area contributed by atoms with E-state index in [2.05, 4.69) is 9.71 Å². The van der Waals surface area contributed by atoms with Gasteiger partial charge in [0.2, 0.25) is 0 Å². The summed E-state index contributed by atoms with van der Waals surface area (Å²) in [6.45, 7) is 11.8. The molecule has 4 rings (SSSR count). The first-order valence-electron chi connectivity index (χ1n) is 13.2. The van der Waals surface area contributed by atoms with Gasteiger partial charge >= 0.3 is 0 Å². The monoisotopic (exact) mass is 580 g/mol. The molecule has 0 radical (unpaired) electrons. The van der Waals surface area contributed by atoms with Crippen molar-refractivity contribution in [3.05, 3.63) is 100 Å². The Morgan fingerprint density at radius 1 is 0.951 bits per heavy atom. The van der Waals surface area contributed by atoms with Crippen LogP contribution >= 0.6 is 0 Å². The number of hydrogen-bond donors (Lipinski definition) is 1. The number of carbonyl (C=O) groups is 1. The number of halogens is 1. The molecule has 0 aliphatic rings. The summed E-state index contributed by atoms with van der Waals surface area (Å²) < 4.78 is 54.6. The van der Waals surface area contributed by atoms with Crippen LogP contribution in [0, 0.1) is 39.4 Å². The first-order chi connectivity index (χ1) is 19.3. The summed E-state index contributed by atoms with van der Waals surface area (Å²) in [6.07, 6.45) is 0. The Morgan fingerprint density at radius 2 is 1.66 bits per heavy atom. The maximum Gasteiger partial charge on any atom is 0.281 e. The fourth-order valence-electron chi connectivity index (χ4n) is 4.38. The van der Waals surface area contributed by atoms with Gasteiger partial charge in [-0.25, -0.2) is 14.1 Å². The van der Waals surface area contributed by atoms with Crippen molar-refractivity contribution in [2.75, 3.05) is 6.61 Å². The van der Waals surface area contributed by atoms with E-state index in [0.29, 0.717) is 34.9 Å². The van der Waals surface area contributed by atoms with E-state index < -0.39 is 21.7 Å². The molecular weight excluding hydrogens is 543 g/mol. The van der Waals surface area contributed by atoms with Crippen LogP contribution in [0.1, 0.15) is 49.4 Å². The van der Waals surface area contributed by atoms with Crippen molar-refractivity contribution in [1.29, 1.82) is 0 Å². The van der Waals surface area contributed by atoms with Gasteiger partial charge in [-0.1, -0.05) is 43.7 Å². The molecule has 1 aromatic heterocycles. The highest BCUT2D eigenvalue weighted by Gasteiger charge is 2.24. The molecule has 0 spiro atoms. The van der Waals surface area contributed by atoms with E-state index in [9.17, 15) is 17.6 Å². The first kappa shape index (κ1) is 29.7. The van der Waals surface area contributed by atoms with Gasteiger partial charge in [0.25, 0.3) is 15.9 Å². The number of rotatable bonds is 9. The van der Waals surface area contributed by atoms with Gasteiger partial charge in [-0.05, 0) is 92.3 Å². The quantitative estimate of drug-likeness (QED) is 0.220. The number of nitrogens with zero attached hydrogens (tertiary/aromatic N) is 1. The second kappa shape index (κ2) is 12.1. The summed E-state index contributed by atoms with van der Waals surface area (Å²) in [5.41, 5.74) is 4.26. The number of sulfonamides is 1. The fourth-order valence-corrected chi connectivity index (χ4v) is 5.36. The lowest BCUT2D eigenvalue weighted by Crippen LogP contribution is -2.31. The average Bonchev–Trinajstić information content (AvgIpc) is 2.89. The Kier molecular flexibility index (Phi) is 8.77. The minimum atomic E-state index is -4.26. The molecule has 0 bridgehead atoms. The van der Waals surface area contributed by atoms with Crippen molar-refractivity contribution in [2.45, 2.75) is 46.6 Å². The third-order valence-corrected chi connectivity index (χ3v) is 7.43. The number of benzene rings is 3. The molecular formula is C32H37FN2O5S. The smallest absolute Gasteiger partial charge is 0.281 e. The molecule has 1 N–H and O–H groups in total. The Bertz CT molecular complexity index is 1710. The molecule has 41 heavy (non-hydrogen) atoms. The highest BCUT2D eigenvalue weighted by molar-refractivity contribution is 7.90. The summed E-state index contributed by atoms with van der Waals surface area (Å²) in [6, 6.07) is 17.4. The van der Waals surface area contributed by atoms with Crippen molar-refractivity contribution in [3.8, 4) is 28.4 Å². The van der Waals surface area contributed by atoms with Crippen LogP contribution in [0.25, 0.3) is 11.1 Å². The van der Waals surface area contributed by atoms with Crippen molar-refractivity contribution >= 4 is 15.9 Å². The van der Waals surface area contributed by atoms with E-state index in [4.69, 9.17) is 9.47 Å². The van der Waals surface area contributed by atoms with Crippen LogP contribution in [0.3, 0.4) is 0 Å². The zero-order valence-corrected chi connectivity index (χ0v) is 24.7. The number of hydrogen-bond acceptors (Lipinski definition) is 6. The number of pyridine rings is 1. The van der Waals surface area contributed by atoms with Gasteiger partial charge in [-0.15, -0.1) is 0 Å². The maximum atomic E-state index is 14.6. The molecule has 9 heteroatoms. The van der Waals surface area contributed by atoms with Gasteiger partial charge in [-0.3, -0.25) is 4.79 Å². The van der Waals surface area contributed by atoms with E-state index in [-0.39, 0.29) is 25.1 Å². The Morgan fingerprint density at radius 3 is 2.32 bits per heavy atom. The summed E-state index contributed by atoms with van der Waals surface area (Å²) in [5, 5.41) is -0.274. The lowest BCUT2D eigenvalue weighted by molar-refractivity contribution is 0.0979. The van der Waals surface area contributed by atoms with E-state index in [1.807, 2.05) is 46.8 Å². The summed E-state index contributed by atoms with van der Waals surface area (Å²) in [7, 11) is -4.26. The second-order valence-electron chi connectivity index (χ2n) is 10.5. The number of nitrogens with one attached hydrogen (secondary N) is 1. The Balaban J connectivity index is 0.00000323. The average molecular weight is 581 g/mol. The summed E-state index contributed by atoms with van der Waals surface area (Å²) in [4.78, 5) is 17.4. The molecule has 1 heterocycles. The van der Waals surface area contributed by atoms with Crippen LogP contribution in [0.5, 0.6) is 17.2 Å². The molecule has 0 saturated carbocycles. The van der Waals surface area contributed by atoms with Crippen LogP contribution in [0.15, 0.2) is 71.8 Å². The molecule has 0 atom stereocenters. The molecule has 4 aromatic rings. The predicted molar refractivity (Wildman–Crippen MR) is 161 cm³/mol. The van der Waals surface area contributed by atoms with E-state index in [1.54, 1.807) is 37.3 Å². The largest absolute Gasteiger partial charge is 0.493 e. The van der Waals surface area contributed by atoms with Crippen LogP contribution in [-0.4, -0.2) is 25.9 Å². The van der Waals surface area contributed by atoms with Crippen LogP contribution < -0.4 is 14.2 Å². The van der Waals surface area contributed by atoms with Crippen LogP contribution in [-0.2, 0) is 10.0 Å². The van der Waals surface area contributed by atoms with Gasteiger partial charge in [0.15, 0.2) is 5.03 Å². The number of aryl methyl sites for hydroxylation is 4. The topological polar surface area (TPSA) is 94.6 Å². The molecule has 7 nitrogen and oxygen atoms in total. The molecule has 0 aliphatic carbocycles. The highest BCUT2D eigenvalue weighted by atomic mass is 32.2. The number of aromatic nitrogens is 1. The van der Waals surface area contributed by atoms with Gasteiger partial charge in [0.05, 0.1) is 12.2 Å². The van der Waals surface area contributed by atoms with Gasteiger partial charge in [0, 0.05) is 14.6 Å². The molecule has 0 saturated heterocycles. The Labute approximate surface area is 243 Å². The van der Waals surface area contributed by atoms with Gasteiger partial charge < -0.3 is 9.47 Å². The van der Waals surface area contributed by atoms with E-state index >= 15 is 0 Å². The highest BCUT2D eigenvalue weighted by Crippen LogP contribution is 2.36. The standard InChI is InChI=1S/C32H33FN2O5S.2H2/c1-19(2)18-39-27-15-25(14-26(33)17-27)24-10-11-28(29(16-24)40-31-21(4)12-20(3)13-22(31)5)32(36)35-41(37,38)30-9-7-8-23(6)34-30;;/h7-17,19H,18H2,1-6H3,(H,35,36);2*1H. The third-order valence-electron chi connectivity index (χ3n) is 6.20. The van der Waals surface area contributed by atoms with Crippen molar-refractivity contribution in [3.63, 3.8) is 0 Å². The minimum absolute atomic E-state index is 0. The maximum absolute atomic E-state index is 14.6. The SMILES string of the molecule is Cc1cc(C)c(Oc2cc(-c3cc(F)cc(OCC(C)C)c3)ccc2C(=O)NS(=O)(=O)c2cccc(C)n2)c(C)c1.[HH].[HH]. The number of ether oxygens (including phenoxy) is 2. The predicted octanol–water partition coefficient (Wildman–Crippen LogP) is 7.56. The molecule has 1 amide bonds. The second-order valence-corrected chi connectivity index (χ2v) is 12.1. The fraction of sp³-hybridized carbons (Fsp3) is 0.250. The van der Waals surface area contributed by atoms with Gasteiger partial charge in [-0.2, -0.15) is 8.42 Å². The Hall–Kier alpha value is -4.24. The van der Waals surface area contributed by atoms with Gasteiger partial charge in [0.1, 0.15) is 23.1 Å². The molecule has 0 unspecified atom stereocenters. The normalized spacial score (nSPS) is 11.4. The summed E-state index contributed by atoms with van der Waals surface area (Å²) >= 11 is 0. The van der Waals surface area contributed by atoms with Crippen LogP contribution in [0.4, 0.5) is 4.39 Å². The van der Waals surface area contributed by atoms with Crippen LogP contribution in [0.2, 0.25) is 0 Å². The van der Waals surface area contributed by atoms with Crippen molar-refractivity contribution in [2.24, 2.45) is 5.92 Å². The van der Waals surface area contributed by atoms with Crippen molar-refractivity contribution < 1.29 is 29.9 Å². The third kappa shape index (κ3) is 7.29. The molecule has 218 valence electrons. The number of amides is 1. The first-order valence-corrected chi connectivity index (χ1v) is 14.6. The summed E-state index contributed by atoms with van der Waals surface area (Å²) in [5.74, 6) is -0.0988. The van der Waals surface area contributed by atoms with Crippen molar-refractivity contribution in [1.82, 2.24) is 9.71 Å². The lowest BCUT2D eigenvalue weighted by Gasteiger charge is -2.17. The molecule has 0 fully saturated rings. The minimum Gasteiger partial charge on any atom is -0.493 e. The zero-order chi connectivity index (χ0) is 29.9. The zero-order valence-electron chi connectivity index (χ0n) is 23.9. The molecule has 3 aromatic carbocycles. The molecule has 0 aliphatic heterocycles.